The van der Waals surface area contributed by atoms with Crippen molar-refractivity contribution in [1.29, 1.82) is 0 Å². The zero-order chi connectivity index (χ0) is 18.8. The van der Waals surface area contributed by atoms with E-state index in [0.717, 1.165) is 17.4 Å². The predicted octanol–water partition coefficient (Wildman–Crippen LogP) is 1.20. The molecule has 0 amide bonds. The summed E-state index contributed by atoms with van der Waals surface area (Å²) in [6.07, 6.45) is 0. The molecular formula is C13H15N3O6S3. The van der Waals surface area contributed by atoms with E-state index in [1.54, 1.807) is 7.05 Å². The minimum atomic E-state index is -4.08. The first-order valence-corrected chi connectivity index (χ1v) is 10.6. The second-order valence-corrected chi connectivity index (χ2v) is 9.44. The smallest absolute Gasteiger partial charge is 0.336 e. The van der Waals surface area contributed by atoms with Crippen LogP contribution in [-0.4, -0.2) is 42.0 Å². The maximum atomic E-state index is 12.4. The molecule has 0 atom stereocenters. The summed E-state index contributed by atoms with van der Waals surface area (Å²) in [4.78, 5) is 10.8. The molecule has 25 heavy (non-hydrogen) atoms. The summed E-state index contributed by atoms with van der Waals surface area (Å²) in [5.74, 6) is -1.24. The first-order chi connectivity index (χ1) is 11.6. The van der Waals surface area contributed by atoms with Crippen molar-refractivity contribution in [3.05, 3.63) is 35.2 Å². The molecule has 2 rings (SSSR count). The highest BCUT2D eigenvalue weighted by molar-refractivity contribution is 7.94. The zero-order valence-electron chi connectivity index (χ0n) is 13.1. The van der Waals surface area contributed by atoms with Crippen LogP contribution in [0.2, 0.25) is 0 Å². The van der Waals surface area contributed by atoms with Crippen molar-refractivity contribution in [3.63, 3.8) is 0 Å². The van der Waals surface area contributed by atoms with Gasteiger partial charge in [0.1, 0.15) is 4.21 Å². The van der Waals surface area contributed by atoms with E-state index in [2.05, 4.69) is 14.8 Å². The molecule has 0 saturated carbocycles. The van der Waals surface area contributed by atoms with Crippen LogP contribution in [0.3, 0.4) is 0 Å². The monoisotopic (exact) mass is 405 g/mol. The molecule has 0 aliphatic rings. The summed E-state index contributed by atoms with van der Waals surface area (Å²) in [7, 11) is -5.05. The van der Waals surface area contributed by atoms with Gasteiger partial charge in [0.05, 0.1) is 21.8 Å². The van der Waals surface area contributed by atoms with Crippen LogP contribution in [0.1, 0.15) is 10.4 Å². The number of nitrogens with one attached hydrogen (secondary N) is 3. The number of carboxylic acids is 1. The van der Waals surface area contributed by atoms with E-state index in [-0.39, 0.29) is 20.4 Å². The fourth-order valence-corrected chi connectivity index (χ4v) is 4.86. The van der Waals surface area contributed by atoms with Crippen molar-refractivity contribution in [2.45, 2.75) is 9.10 Å². The SMILES string of the molecule is CNc1ccc(S(=O)(=O)NC)cc1NS(=O)(=O)c1cc(C(=O)O)cs1. The molecule has 12 heteroatoms. The van der Waals surface area contributed by atoms with Crippen molar-refractivity contribution >= 4 is 48.7 Å². The van der Waals surface area contributed by atoms with E-state index < -0.39 is 26.0 Å². The van der Waals surface area contributed by atoms with Gasteiger partial charge in [-0.2, -0.15) is 0 Å². The first-order valence-electron chi connectivity index (χ1n) is 6.70. The Bertz CT molecular complexity index is 1010. The summed E-state index contributed by atoms with van der Waals surface area (Å²) in [5.41, 5.74) is 0.225. The third-order valence-corrected chi connectivity index (χ3v) is 7.39. The molecule has 4 N–H and O–H groups in total. The number of sulfonamides is 2. The Hall–Kier alpha value is -2.15. The van der Waals surface area contributed by atoms with Crippen LogP contribution < -0.4 is 14.8 Å². The van der Waals surface area contributed by atoms with Gasteiger partial charge in [-0.1, -0.05) is 0 Å². The lowest BCUT2D eigenvalue weighted by Gasteiger charge is -2.13. The molecule has 0 unspecified atom stereocenters. The van der Waals surface area contributed by atoms with Crippen LogP contribution in [0.5, 0.6) is 0 Å². The van der Waals surface area contributed by atoms with Crippen molar-refractivity contribution in [1.82, 2.24) is 4.72 Å². The fraction of sp³-hybridized carbons (Fsp3) is 0.154. The van der Waals surface area contributed by atoms with Gasteiger partial charge in [-0.05, 0) is 31.3 Å². The number of aromatic carboxylic acids is 1. The van der Waals surface area contributed by atoms with Crippen LogP contribution >= 0.6 is 11.3 Å². The molecule has 1 aromatic carbocycles. The molecule has 136 valence electrons. The second kappa shape index (κ2) is 7.00. The first kappa shape index (κ1) is 19.2. The molecule has 0 aliphatic heterocycles. The minimum absolute atomic E-state index is 0.0177. The molecule has 1 aromatic heterocycles. The third-order valence-electron chi connectivity index (χ3n) is 3.17. The Morgan fingerprint density at radius 2 is 1.72 bits per heavy atom. The van der Waals surface area contributed by atoms with E-state index in [0.29, 0.717) is 5.69 Å². The normalized spacial score (nSPS) is 11.9. The number of benzene rings is 1. The highest BCUT2D eigenvalue weighted by Crippen LogP contribution is 2.29. The maximum Gasteiger partial charge on any atom is 0.336 e. The van der Waals surface area contributed by atoms with Gasteiger partial charge in [0.25, 0.3) is 10.0 Å². The van der Waals surface area contributed by atoms with E-state index in [9.17, 15) is 21.6 Å². The van der Waals surface area contributed by atoms with Crippen LogP contribution in [-0.2, 0) is 20.0 Å². The Labute approximate surface area is 148 Å². The van der Waals surface area contributed by atoms with Crippen molar-refractivity contribution in [2.75, 3.05) is 24.1 Å². The average Bonchev–Trinajstić information content (AvgIpc) is 3.05. The Morgan fingerprint density at radius 1 is 1.04 bits per heavy atom. The molecule has 9 nitrogen and oxygen atoms in total. The topological polar surface area (TPSA) is 142 Å². The second-order valence-electron chi connectivity index (χ2n) is 4.73. The molecule has 0 radical (unpaired) electrons. The summed E-state index contributed by atoms with van der Waals surface area (Å²) in [6, 6.07) is 4.94. The lowest BCUT2D eigenvalue weighted by molar-refractivity contribution is 0.0697. The lowest BCUT2D eigenvalue weighted by Crippen LogP contribution is -2.19. The molecule has 0 fully saturated rings. The largest absolute Gasteiger partial charge is 0.478 e. The van der Waals surface area contributed by atoms with Crippen LogP contribution in [0.15, 0.2) is 38.8 Å². The average molecular weight is 405 g/mol. The summed E-state index contributed by atoms with van der Waals surface area (Å²) in [6.45, 7) is 0. The van der Waals surface area contributed by atoms with E-state index in [1.165, 1.54) is 30.6 Å². The Balaban J connectivity index is 2.46. The van der Waals surface area contributed by atoms with Crippen molar-refractivity contribution in [3.8, 4) is 0 Å². The third kappa shape index (κ3) is 4.10. The fourth-order valence-electron chi connectivity index (χ4n) is 1.88. The summed E-state index contributed by atoms with van der Waals surface area (Å²) in [5, 5.41) is 12.9. The molecule has 0 saturated heterocycles. The predicted molar refractivity (Wildman–Crippen MR) is 94.3 cm³/mol. The van der Waals surface area contributed by atoms with Crippen molar-refractivity contribution < 1.29 is 26.7 Å². The Kier molecular flexibility index (Phi) is 5.37. The van der Waals surface area contributed by atoms with Gasteiger partial charge < -0.3 is 10.4 Å². The van der Waals surface area contributed by atoms with E-state index in [1.807, 2.05) is 0 Å². The number of anilines is 2. The molecule has 0 spiro atoms. The standard InChI is InChI=1S/C13H15N3O6S3/c1-14-10-4-3-9(24(19,20)15-2)6-11(10)16-25(21,22)12-5-8(7-23-12)13(17)18/h3-7,14-16H,1-2H3,(H,17,18). The van der Waals surface area contributed by atoms with Gasteiger partial charge in [-0.3, -0.25) is 4.72 Å². The van der Waals surface area contributed by atoms with E-state index >= 15 is 0 Å². The highest BCUT2D eigenvalue weighted by atomic mass is 32.2. The molecular weight excluding hydrogens is 390 g/mol. The highest BCUT2D eigenvalue weighted by Gasteiger charge is 2.22. The molecule has 2 aromatic rings. The van der Waals surface area contributed by atoms with E-state index in [4.69, 9.17) is 5.11 Å². The zero-order valence-corrected chi connectivity index (χ0v) is 15.5. The number of thiophene rings is 1. The van der Waals surface area contributed by atoms with Gasteiger partial charge >= 0.3 is 5.97 Å². The van der Waals surface area contributed by atoms with Crippen molar-refractivity contribution in [2.24, 2.45) is 0 Å². The number of hydrogen-bond donors (Lipinski definition) is 4. The Morgan fingerprint density at radius 3 is 2.24 bits per heavy atom. The number of hydrogen-bond acceptors (Lipinski definition) is 7. The van der Waals surface area contributed by atoms with Gasteiger partial charge in [0.15, 0.2) is 0 Å². The minimum Gasteiger partial charge on any atom is -0.478 e. The number of carbonyl (C=O) groups is 1. The number of carboxylic acid groups (broad SMARTS) is 1. The van der Waals surface area contributed by atoms with Gasteiger partial charge in [-0.25, -0.2) is 26.4 Å². The van der Waals surface area contributed by atoms with Gasteiger partial charge in [-0.15, -0.1) is 11.3 Å². The maximum absolute atomic E-state index is 12.4. The lowest BCUT2D eigenvalue weighted by atomic mass is 10.3. The quantitative estimate of drug-likeness (QED) is 0.542. The van der Waals surface area contributed by atoms with Gasteiger partial charge in [0, 0.05) is 12.4 Å². The van der Waals surface area contributed by atoms with Crippen LogP contribution in [0, 0.1) is 0 Å². The number of rotatable bonds is 7. The van der Waals surface area contributed by atoms with Gasteiger partial charge in [0.2, 0.25) is 10.0 Å². The van der Waals surface area contributed by atoms with Crippen LogP contribution in [0.25, 0.3) is 0 Å². The summed E-state index contributed by atoms with van der Waals surface area (Å²) < 4.78 is 52.9. The summed E-state index contributed by atoms with van der Waals surface area (Å²) >= 11 is 0.749. The van der Waals surface area contributed by atoms with Crippen LogP contribution in [0.4, 0.5) is 11.4 Å². The molecule has 0 aliphatic carbocycles. The molecule has 0 bridgehead atoms. The molecule has 1 heterocycles.